The van der Waals surface area contributed by atoms with Gasteiger partial charge in [0.05, 0.1) is 0 Å². The zero-order chi connectivity index (χ0) is 14.8. The molecule has 1 unspecified atom stereocenters. The van der Waals surface area contributed by atoms with Crippen LogP contribution in [0.5, 0.6) is 0 Å². The Morgan fingerprint density at radius 2 is 1.85 bits per heavy atom. The van der Waals surface area contributed by atoms with Crippen molar-refractivity contribution in [3.63, 3.8) is 0 Å². The maximum atomic E-state index is 14.2. The molecule has 1 aliphatic rings. The minimum atomic E-state index is -3.46. The molecule has 0 aromatic heterocycles. The van der Waals surface area contributed by atoms with Crippen LogP contribution in [0.3, 0.4) is 0 Å². The third-order valence-corrected chi connectivity index (χ3v) is 3.98. The van der Waals surface area contributed by atoms with Crippen LogP contribution in [0.1, 0.15) is 25.3 Å². The second-order valence-electron chi connectivity index (χ2n) is 5.43. The number of hydrogen-bond acceptors (Lipinski definition) is 2. The zero-order valence-corrected chi connectivity index (χ0v) is 11.6. The van der Waals surface area contributed by atoms with E-state index >= 15 is 0 Å². The van der Waals surface area contributed by atoms with Gasteiger partial charge in [-0.25, -0.2) is 0 Å². The Kier molecular flexibility index (Phi) is 4.38. The number of halogens is 2. The Morgan fingerprint density at radius 1 is 1.30 bits per heavy atom. The molecule has 0 bridgehead atoms. The van der Waals surface area contributed by atoms with Gasteiger partial charge in [0.15, 0.2) is 0 Å². The van der Waals surface area contributed by atoms with E-state index in [9.17, 15) is 13.6 Å². The van der Waals surface area contributed by atoms with Gasteiger partial charge < -0.3 is 10.6 Å². The van der Waals surface area contributed by atoms with Gasteiger partial charge in [-0.3, -0.25) is 4.79 Å². The maximum absolute atomic E-state index is 14.2. The highest BCUT2D eigenvalue weighted by molar-refractivity contribution is 5.85. The van der Waals surface area contributed by atoms with Gasteiger partial charge in [-0.1, -0.05) is 30.3 Å². The van der Waals surface area contributed by atoms with Crippen molar-refractivity contribution in [1.29, 1.82) is 0 Å². The number of nitrogens with zero attached hydrogens (tertiary/aromatic N) is 1. The number of carbonyl (C=O) groups is 1. The second kappa shape index (κ2) is 5.87. The first-order valence-electron chi connectivity index (χ1n) is 6.91. The number of nitrogens with two attached hydrogens (primary N) is 1. The third kappa shape index (κ3) is 2.98. The summed E-state index contributed by atoms with van der Waals surface area (Å²) >= 11 is 0. The zero-order valence-electron chi connectivity index (χ0n) is 11.6. The number of amides is 1. The Bertz CT molecular complexity index is 454. The van der Waals surface area contributed by atoms with Crippen molar-refractivity contribution < 1.29 is 13.6 Å². The minimum Gasteiger partial charge on any atom is -0.337 e. The summed E-state index contributed by atoms with van der Waals surface area (Å²) in [7, 11) is 0. The molecule has 2 N–H and O–H groups in total. The van der Waals surface area contributed by atoms with Crippen LogP contribution >= 0.6 is 0 Å². The molecule has 0 aliphatic carbocycles. The summed E-state index contributed by atoms with van der Waals surface area (Å²) in [5.41, 5.74) is 5.56. The standard InChI is InChI=1S/C15H20F2N2O/c1-11(18)12-7-9-19(10-8-12)14(20)15(16,17)13-5-3-2-4-6-13/h2-6,11-12H,7-10,18H2,1H3. The topological polar surface area (TPSA) is 46.3 Å². The summed E-state index contributed by atoms with van der Waals surface area (Å²) in [6.07, 6.45) is 1.38. The molecule has 5 heteroatoms. The molecular formula is C15H20F2N2O. The maximum Gasteiger partial charge on any atom is 0.349 e. The number of likely N-dealkylation sites (tertiary alicyclic amines) is 1. The molecule has 1 atom stereocenters. The predicted molar refractivity (Wildman–Crippen MR) is 73.3 cm³/mol. The first-order chi connectivity index (χ1) is 9.43. The summed E-state index contributed by atoms with van der Waals surface area (Å²) in [6, 6.07) is 7.29. The first-order valence-corrected chi connectivity index (χ1v) is 6.91. The van der Waals surface area contributed by atoms with E-state index in [0.717, 1.165) is 0 Å². The smallest absolute Gasteiger partial charge is 0.337 e. The van der Waals surface area contributed by atoms with Crippen molar-refractivity contribution >= 4 is 5.91 Å². The predicted octanol–water partition coefficient (Wildman–Crippen LogP) is 2.36. The summed E-state index contributed by atoms with van der Waals surface area (Å²) in [5, 5.41) is 0. The first kappa shape index (κ1) is 14.9. The van der Waals surface area contributed by atoms with Gasteiger partial charge in [-0.2, -0.15) is 8.78 Å². The molecule has 1 amide bonds. The molecule has 0 spiro atoms. The molecule has 110 valence electrons. The van der Waals surface area contributed by atoms with Crippen molar-refractivity contribution in [1.82, 2.24) is 4.90 Å². The molecule has 2 rings (SSSR count). The Balaban J connectivity index is 2.05. The number of piperidine rings is 1. The van der Waals surface area contributed by atoms with E-state index < -0.39 is 11.8 Å². The summed E-state index contributed by atoms with van der Waals surface area (Å²) in [6.45, 7) is 2.63. The highest BCUT2D eigenvalue weighted by Gasteiger charge is 2.44. The van der Waals surface area contributed by atoms with Crippen LogP contribution in [0, 0.1) is 5.92 Å². The molecule has 1 saturated heterocycles. The molecule has 1 heterocycles. The van der Waals surface area contributed by atoms with E-state index in [1.54, 1.807) is 6.07 Å². The van der Waals surface area contributed by atoms with Crippen LogP contribution < -0.4 is 5.73 Å². The van der Waals surface area contributed by atoms with Crippen molar-refractivity contribution in [2.75, 3.05) is 13.1 Å². The lowest BCUT2D eigenvalue weighted by atomic mass is 9.90. The molecule has 0 radical (unpaired) electrons. The van der Waals surface area contributed by atoms with E-state index in [1.807, 2.05) is 6.92 Å². The molecule has 1 aliphatic heterocycles. The third-order valence-electron chi connectivity index (χ3n) is 3.98. The monoisotopic (exact) mass is 282 g/mol. The fraction of sp³-hybridized carbons (Fsp3) is 0.533. The van der Waals surface area contributed by atoms with Gasteiger partial charge in [0.2, 0.25) is 0 Å². The van der Waals surface area contributed by atoms with E-state index in [4.69, 9.17) is 5.73 Å². The lowest BCUT2D eigenvalue weighted by molar-refractivity contribution is -0.160. The Hall–Kier alpha value is -1.49. The number of benzene rings is 1. The quantitative estimate of drug-likeness (QED) is 0.925. The van der Waals surface area contributed by atoms with Crippen molar-refractivity contribution in [3.05, 3.63) is 35.9 Å². The van der Waals surface area contributed by atoms with Crippen molar-refractivity contribution in [3.8, 4) is 0 Å². The summed E-state index contributed by atoms with van der Waals surface area (Å²) < 4.78 is 28.3. The van der Waals surface area contributed by atoms with Crippen LogP contribution in [0.15, 0.2) is 30.3 Å². The molecule has 1 aromatic carbocycles. The fourth-order valence-corrected chi connectivity index (χ4v) is 2.60. The van der Waals surface area contributed by atoms with Crippen LogP contribution in [0.25, 0.3) is 0 Å². The van der Waals surface area contributed by atoms with E-state index in [1.165, 1.54) is 29.2 Å². The average Bonchev–Trinajstić information content (AvgIpc) is 2.47. The van der Waals surface area contributed by atoms with Crippen LogP contribution in [0.2, 0.25) is 0 Å². The molecule has 0 saturated carbocycles. The normalized spacial score (nSPS) is 18.9. The second-order valence-corrected chi connectivity index (χ2v) is 5.43. The molecule has 3 nitrogen and oxygen atoms in total. The van der Waals surface area contributed by atoms with Gasteiger partial charge in [0.25, 0.3) is 5.91 Å². The van der Waals surface area contributed by atoms with Crippen LogP contribution in [0.4, 0.5) is 8.78 Å². The molecule has 1 fully saturated rings. The SMILES string of the molecule is CC(N)C1CCN(C(=O)C(F)(F)c2ccccc2)CC1. The molecule has 1 aromatic rings. The summed E-state index contributed by atoms with van der Waals surface area (Å²) in [4.78, 5) is 13.3. The van der Waals surface area contributed by atoms with Crippen molar-refractivity contribution in [2.45, 2.75) is 31.7 Å². The lowest BCUT2D eigenvalue weighted by Gasteiger charge is -2.35. The van der Waals surface area contributed by atoms with Gasteiger partial charge in [0, 0.05) is 24.7 Å². The van der Waals surface area contributed by atoms with Gasteiger partial charge in [0.1, 0.15) is 0 Å². The minimum absolute atomic E-state index is 0.0434. The highest BCUT2D eigenvalue weighted by atomic mass is 19.3. The Labute approximate surface area is 117 Å². The number of carbonyl (C=O) groups excluding carboxylic acids is 1. The largest absolute Gasteiger partial charge is 0.349 e. The number of hydrogen-bond donors (Lipinski definition) is 1. The van der Waals surface area contributed by atoms with E-state index in [0.29, 0.717) is 31.8 Å². The van der Waals surface area contributed by atoms with Gasteiger partial charge in [-0.05, 0) is 25.7 Å². The molecule has 20 heavy (non-hydrogen) atoms. The van der Waals surface area contributed by atoms with Gasteiger partial charge in [-0.15, -0.1) is 0 Å². The van der Waals surface area contributed by atoms with E-state index in [-0.39, 0.29) is 11.6 Å². The van der Waals surface area contributed by atoms with E-state index in [2.05, 4.69) is 0 Å². The number of alkyl halides is 2. The summed E-state index contributed by atoms with van der Waals surface area (Å²) in [5.74, 6) is -4.25. The number of rotatable bonds is 3. The highest BCUT2D eigenvalue weighted by Crippen LogP contribution is 2.32. The Morgan fingerprint density at radius 3 is 2.35 bits per heavy atom. The van der Waals surface area contributed by atoms with Gasteiger partial charge >= 0.3 is 5.92 Å². The fourth-order valence-electron chi connectivity index (χ4n) is 2.60. The van der Waals surface area contributed by atoms with Crippen LogP contribution in [-0.2, 0) is 10.7 Å². The lowest BCUT2D eigenvalue weighted by Crippen LogP contribution is -2.47. The van der Waals surface area contributed by atoms with Crippen molar-refractivity contribution in [2.24, 2.45) is 11.7 Å². The average molecular weight is 282 g/mol. The molecular weight excluding hydrogens is 262 g/mol. The van der Waals surface area contributed by atoms with Crippen LogP contribution in [-0.4, -0.2) is 29.9 Å².